The molecule has 0 heterocycles. The standard InChI is InChI=1S/C11H16N2O4S/c1-11(2,3)7-18(16,17)8-4-5-9(12)10(6-8)13(14)15/h4-6H,7,12H2,1-3H3. The quantitative estimate of drug-likeness (QED) is 0.515. The molecule has 18 heavy (non-hydrogen) atoms. The fourth-order valence-electron chi connectivity index (χ4n) is 1.53. The first-order valence-corrected chi connectivity index (χ1v) is 6.95. The Balaban J connectivity index is 3.27. The summed E-state index contributed by atoms with van der Waals surface area (Å²) in [5.41, 5.74) is 4.57. The van der Waals surface area contributed by atoms with Crippen LogP contribution < -0.4 is 5.73 Å². The summed E-state index contributed by atoms with van der Waals surface area (Å²) in [6.07, 6.45) is 0. The van der Waals surface area contributed by atoms with Gasteiger partial charge in [0, 0.05) is 6.07 Å². The number of nitrogens with two attached hydrogens (primary N) is 1. The Morgan fingerprint density at radius 3 is 2.33 bits per heavy atom. The van der Waals surface area contributed by atoms with Crippen molar-refractivity contribution in [1.82, 2.24) is 0 Å². The molecular formula is C11H16N2O4S. The van der Waals surface area contributed by atoms with Crippen molar-refractivity contribution >= 4 is 21.2 Å². The van der Waals surface area contributed by atoms with Crippen LogP contribution in [0.15, 0.2) is 23.1 Å². The molecule has 0 saturated heterocycles. The van der Waals surface area contributed by atoms with Crippen LogP contribution in [0, 0.1) is 15.5 Å². The zero-order valence-electron chi connectivity index (χ0n) is 10.5. The van der Waals surface area contributed by atoms with Gasteiger partial charge in [0.2, 0.25) is 0 Å². The van der Waals surface area contributed by atoms with E-state index in [0.717, 1.165) is 6.07 Å². The van der Waals surface area contributed by atoms with Gasteiger partial charge in [-0.15, -0.1) is 0 Å². The van der Waals surface area contributed by atoms with Crippen LogP contribution >= 0.6 is 0 Å². The van der Waals surface area contributed by atoms with Gasteiger partial charge in [-0.05, 0) is 17.5 Å². The summed E-state index contributed by atoms with van der Waals surface area (Å²) in [5, 5.41) is 10.7. The number of nitro benzene ring substituents is 1. The first kappa shape index (κ1) is 14.4. The zero-order valence-corrected chi connectivity index (χ0v) is 11.3. The van der Waals surface area contributed by atoms with Crippen LogP contribution in [0.2, 0.25) is 0 Å². The third-order valence-electron chi connectivity index (χ3n) is 2.18. The van der Waals surface area contributed by atoms with E-state index in [0.29, 0.717) is 0 Å². The highest BCUT2D eigenvalue weighted by atomic mass is 32.2. The molecule has 0 unspecified atom stereocenters. The summed E-state index contributed by atoms with van der Waals surface area (Å²) < 4.78 is 24.1. The van der Waals surface area contributed by atoms with Crippen LogP contribution in [0.4, 0.5) is 11.4 Å². The van der Waals surface area contributed by atoms with E-state index in [-0.39, 0.29) is 22.0 Å². The second-order valence-electron chi connectivity index (χ2n) is 5.30. The first-order chi connectivity index (χ1) is 8.03. The number of nitrogen functional groups attached to an aromatic ring is 1. The Morgan fingerprint density at radius 2 is 1.89 bits per heavy atom. The number of hydrogen-bond donors (Lipinski definition) is 1. The molecule has 0 fully saturated rings. The second-order valence-corrected chi connectivity index (χ2v) is 7.29. The maximum atomic E-state index is 12.1. The molecule has 7 heteroatoms. The van der Waals surface area contributed by atoms with Crippen molar-refractivity contribution in [2.24, 2.45) is 5.41 Å². The molecule has 100 valence electrons. The smallest absolute Gasteiger partial charge is 0.293 e. The maximum Gasteiger partial charge on any atom is 0.293 e. The topological polar surface area (TPSA) is 103 Å². The minimum absolute atomic E-state index is 0.0466. The maximum absolute atomic E-state index is 12.1. The van der Waals surface area contributed by atoms with Gasteiger partial charge in [0.15, 0.2) is 9.84 Å². The van der Waals surface area contributed by atoms with Crippen LogP contribution in [0.3, 0.4) is 0 Å². The lowest BCUT2D eigenvalue weighted by molar-refractivity contribution is -0.384. The highest BCUT2D eigenvalue weighted by Gasteiger charge is 2.25. The lowest BCUT2D eigenvalue weighted by Crippen LogP contribution is -2.21. The van der Waals surface area contributed by atoms with Crippen LogP contribution in [0.1, 0.15) is 20.8 Å². The monoisotopic (exact) mass is 272 g/mol. The second kappa shape index (κ2) is 4.56. The summed E-state index contributed by atoms with van der Waals surface area (Å²) in [5.74, 6) is -0.0823. The molecule has 0 bridgehead atoms. The molecule has 1 aromatic carbocycles. The molecular weight excluding hydrogens is 256 g/mol. The molecule has 0 saturated carbocycles. The van der Waals surface area contributed by atoms with E-state index in [4.69, 9.17) is 5.73 Å². The molecule has 0 radical (unpaired) electrons. The van der Waals surface area contributed by atoms with Gasteiger partial charge in [-0.25, -0.2) is 8.42 Å². The van der Waals surface area contributed by atoms with E-state index in [2.05, 4.69) is 0 Å². The molecule has 0 amide bonds. The number of benzene rings is 1. The van der Waals surface area contributed by atoms with Crippen molar-refractivity contribution in [2.45, 2.75) is 25.7 Å². The Hall–Kier alpha value is -1.63. The number of nitro groups is 1. The molecule has 0 aliphatic heterocycles. The summed E-state index contributed by atoms with van der Waals surface area (Å²) in [4.78, 5) is 9.96. The van der Waals surface area contributed by atoms with Gasteiger partial charge in [0.25, 0.3) is 5.69 Å². The van der Waals surface area contributed by atoms with Gasteiger partial charge in [0.05, 0.1) is 15.6 Å². The van der Waals surface area contributed by atoms with E-state index >= 15 is 0 Å². The molecule has 0 aromatic heterocycles. The average Bonchev–Trinajstić information content (AvgIpc) is 2.13. The normalized spacial score (nSPS) is 12.4. The number of hydrogen-bond acceptors (Lipinski definition) is 5. The van der Waals surface area contributed by atoms with Crippen LogP contribution in [0.5, 0.6) is 0 Å². The molecule has 0 spiro atoms. The van der Waals surface area contributed by atoms with Gasteiger partial charge in [0.1, 0.15) is 5.69 Å². The molecule has 0 aliphatic carbocycles. The highest BCUT2D eigenvalue weighted by molar-refractivity contribution is 7.91. The van der Waals surface area contributed by atoms with Gasteiger partial charge in [-0.2, -0.15) is 0 Å². The molecule has 0 aliphatic rings. The number of anilines is 1. The largest absolute Gasteiger partial charge is 0.393 e. The minimum atomic E-state index is -3.55. The van der Waals surface area contributed by atoms with Crippen molar-refractivity contribution < 1.29 is 13.3 Å². The van der Waals surface area contributed by atoms with Gasteiger partial charge in [-0.1, -0.05) is 20.8 Å². The molecule has 6 nitrogen and oxygen atoms in total. The lowest BCUT2D eigenvalue weighted by atomic mass is 10.0. The summed E-state index contributed by atoms with van der Waals surface area (Å²) in [7, 11) is -3.55. The van der Waals surface area contributed by atoms with Crippen LogP contribution in [-0.4, -0.2) is 19.1 Å². The van der Waals surface area contributed by atoms with Crippen molar-refractivity contribution in [1.29, 1.82) is 0 Å². The van der Waals surface area contributed by atoms with Crippen molar-refractivity contribution in [2.75, 3.05) is 11.5 Å². The molecule has 0 atom stereocenters. The highest BCUT2D eigenvalue weighted by Crippen LogP contribution is 2.28. The van der Waals surface area contributed by atoms with Crippen LogP contribution in [0.25, 0.3) is 0 Å². The average molecular weight is 272 g/mol. The van der Waals surface area contributed by atoms with E-state index in [9.17, 15) is 18.5 Å². The van der Waals surface area contributed by atoms with E-state index < -0.39 is 20.2 Å². The first-order valence-electron chi connectivity index (χ1n) is 5.30. The van der Waals surface area contributed by atoms with Gasteiger partial charge >= 0.3 is 0 Å². The number of nitrogens with zero attached hydrogens (tertiary/aromatic N) is 1. The molecule has 1 rings (SSSR count). The lowest BCUT2D eigenvalue weighted by Gasteiger charge is -2.17. The third kappa shape index (κ3) is 3.43. The Bertz CT molecular complexity index is 573. The van der Waals surface area contributed by atoms with Gasteiger partial charge < -0.3 is 5.73 Å². The van der Waals surface area contributed by atoms with Crippen molar-refractivity contribution in [3.63, 3.8) is 0 Å². The minimum Gasteiger partial charge on any atom is -0.393 e. The summed E-state index contributed by atoms with van der Waals surface area (Å²) >= 11 is 0. The Labute approximate surface area is 106 Å². The fraction of sp³-hybridized carbons (Fsp3) is 0.455. The van der Waals surface area contributed by atoms with E-state index in [1.165, 1.54) is 12.1 Å². The number of rotatable bonds is 3. The summed E-state index contributed by atoms with van der Waals surface area (Å²) in [6.45, 7) is 5.36. The van der Waals surface area contributed by atoms with Gasteiger partial charge in [-0.3, -0.25) is 10.1 Å². The van der Waals surface area contributed by atoms with E-state index in [1.54, 1.807) is 20.8 Å². The van der Waals surface area contributed by atoms with Crippen molar-refractivity contribution in [3.8, 4) is 0 Å². The fourth-order valence-corrected chi connectivity index (χ4v) is 3.40. The zero-order chi connectivity index (χ0) is 14.1. The predicted octanol–water partition coefficient (Wildman–Crippen LogP) is 2.00. The molecule has 2 N–H and O–H groups in total. The third-order valence-corrected chi connectivity index (χ3v) is 4.40. The molecule has 1 aromatic rings. The number of sulfone groups is 1. The van der Waals surface area contributed by atoms with Crippen molar-refractivity contribution in [3.05, 3.63) is 28.3 Å². The Morgan fingerprint density at radius 1 is 1.33 bits per heavy atom. The SMILES string of the molecule is CC(C)(C)CS(=O)(=O)c1ccc(N)c([N+](=O)[O-])c1. The predicted molar refractivity (Wildman–Crippen MR) is 69.0 cm³/mol. The van der Waals surface area contributed by atoms with Crippen LogP contribution in [-0.2, 0) is 9.84 Å². The van der Waals surface area contributed by atoms with E-state index in [1.807, 2.05) is 0 Å². The summed E-state index contributed by atoms with van der Waals surface area (Å²) in [6, 6.07) is 3.55. The Kier molecular flexibility index (Phi) is 3.66.